The van der Waals surface area contributed by atoms with E-state index in [0.29, 0.717) is 21.5 Å². The molecule has 3 rings (SSSR count). The smallest absolute Gasteiger partial charge is 0.266 e. The second kappa shape index (κ2) is 6.90. The molecule has 0 saturated carbocycles. The minimum Gasteiger partial charge on any atom is -0.380 e. The van der Waals surface area contributed by atoms with Gasteiger partial charge in [0.15, 0.2) is 0 Å². The number of carbonyl (C=O) groups is 1. The summed E-state index contributed by atoms with van der Waals surface area (Å²) >= 11 is 1.27. The van der Waals surface area contributed by atoms with Gasteiger partial charge in [-0.1, -0.05) is 6.07 Å². The molecule has 25 heavy (non-hydrogen) atoms. The van der Waals surface area contributed by atoms with Gasteiger partial charge in [0.1, 0.15) is 5.82 Å². The normalized spacial score (nSPS) is 11.1. The Balaban J connectivity index is 2.06. The molecule has 0 atom stereocenters. The van der Waals surface area contributed by atoms with E-state index in [1.807, 2.05) is 32.9 Å². The molecule has 0 unspecified atom stereocenters. The molecule has 1 aromatic carbocycles. The fourth-order valence-corrected chi connectivity index (χ4v) is 4.13. The van der Waals surface area contributed by atoms with E-state index in [4.69, 9.17) is 4.74 Å². The van der Waals surface area contributed by atoms with Crippen molar-refractivity contribution in [3.05, 3.63) is 57.5 Å². The predicted octanol–water partition coefficient (Wildman–Crippen LogP) is 4.76. The molecule has 2 heterocycles. The summed E-state index contributed by atoms with van der Waals surface area (Å²) in [5.41, 5.74) is 3.87. The molecule has 0 radical (unpaired) electrons. The second-order valence-corrected chi connectivity index (χ2v) is 7.00. The summed E-state index contributed by atoms with van der Waals surface area (Å²) in [4.78, 5) is 17.7. The lowest BCUT2D eigenvalue weighted by molar-refractivity contribution is 0.102. The number of anilines is 1. The summed E-state index contributed by atoms with van der Waals surface area (Å²) in [5.74, 6) is -0.617. The van der Waals surface area contributed by atoms with Crippen LogP contribution in [0.5, 0.6) is 0 Å². The van der Waals surface area contributed by atoms with Crippen LogP contribution in [0.1, 0.15) is 32.2 Å². The summed E-state index contributed by atoms with van der Waals surface area (Å²) < 4.78 is 20.2. The summed E-state index contributed by atoms with van der Waals surface area (Å²) in [5, 5.41) is 3.39. The number of aromatic nitrogens is 1. The van der Waals surface area contributed by atoms with Crippen molar-refractivity contribution < 1.29 is 13.9 Å². The minimum absolute atomic E-state index is 0.174. The maximum absolute atomic E-state index is 14.3. The van der Waals surface area contributed by atoms with Gasteiger partial charge in [0, 0.05) is 28.5 Å². The van der Waals surface area contributed by atoms with Crippen LogP contribution in [0, 0.1) is 26.6 Å². The first kappa shape index (κ1) is 17.5. The second-order valence-electron chi connectivity index (χ2n) is 5.95. The first-order chi connectivity index (χ1) is 11.9. The van der Waals surface area contributed by atoms with E-state index in [2.05, 4.69) is 10.3 Å². The van der Waals surface area contributed by atoms with Gasteiger partial charge in [-0.2, -0.15) is 0 Å². The Morgan fingerprint density at radius 3 is 2.76 bits per heavy atom. The number of nitrogens with zero attached hydrogens (tertiary/aromatic N) is 1. The number of ether oxygens (including phenoxy) is 1. The maximum Gasteiger partial charge on any atom is 0.266 e. The highest BCUT2D eigenvalue weighted by atomic mass is 32.1. The van der Waals surface area contributed by atoms with Gasteiger partial charge in [0.2, 0.25) is 0 Å². The molecule has 2 aromatic heterocycles. The van der Waals surface area contributed by atoms with Gasteiger partial charge in [-0.15, -0.1) is 11.3 Å². The Bertz CT molecular complexity index is 942. The van der Waals surface area contributed by atoms with Crippen LogP contribution >= 0.6 is 11.3 Å². The molecule has 6 heteroatoms. The van der Waals surface area contributed by atoms with Crippen LogP contribution in [0.25, 0.3) is 10.1 Å². The number of carbonyl (C=O) groups excluding carboxylic acids is 1. The van der Waals surface area contributed by atoms with E-state index in [1.165, 1.54) is 24.5 Å². The molecule has 130 valence electrons. The number of halogens is 1. The lowest BCUT2D eigenvalue weighted by Gasteiger charge is -2.12. The SMILES string of the molecule is COCc1c(C(=O)Nc2c(C)cc(C)nc2C)sc2cccc(F)c12. The first-order valence-electron chi connectivity index (χ1n) is 7.87. The number of methoxy groups -OCH3 is 1. The van der Waals surface area contributed by atoms with Crippen molar-refractivity contribution in [2.75, 3.05) is 12.4 Å². The van der Waals surface area contributed by atoms with Crippen LogP contribution in [0.3, 0.4) is 0 Å². The summed E-state index contributed by atoms with van der Waals surface area (Å²) in [6.45, 7) is 5.87. The van der Waals surface area contributed by atoms with E-state index in [1.54, 1.807) is 6.07 Å². The first-order valence-corrected chi connectivity index (χ1v) is 8.69. The van der Waals surface area contributed by atoms with Gasteiger partial charge in [0.25, 0.3) is 5.91 Å². The van der Waals surface area contributed by atoms with Gasteiger partial charge in [0.05, 0.1) is 22.9 Å². The highest BCUT2D eigenvalue weighted by Gasteiger charge is 2.21. The molecule has 0 bridgehead atoms. The Morgan fingerprint density at radius 1 is 1.32 bits per heavy atom. The van der Waals surface area contributed by atoms with Crippen LogP contribution in [0.2, 0.25) is 0 Å². The molecule has 1 amide bonds. The van der Waals surface area contributed by atoms with Crippen molar-refractivity contribution >= 4 is 33.0 Å². The number of hydrogen-bond donors (Lipinski definition) is 1. The topological polar surface area (TPSA) is 51.2 Å². The van der Waals surface area contributed by atoms with Crippen molar-refractivity contribution in [2.45, 2.75) is 27.4 Å². The monoisotopic (exact) mass is 358 g/mol. The molecule has 0 fully saturated rings. The number of thiophene rings is 1. The van der Waals surface area contributed by atoms with E-state index >= 15 is 0 Å². The van der Waals surface area contributed by atoms with Gasteiger partial charge >= 0.3 is 0 Å². The Hall–Kier alpha value is -2.31. The van der Waals surface area contributed by atoms with Gasteiger partial charge in [-0.3, -0.25) is 9.78 Å². The van der Waals surface area contributed by atoms with Crippen molar-refractivity contribution in [2.24, 2.45) is 0 Å². The van der Waals surface area contributed by atoms with Crippen LogP contribution in [0.4, 0.5) is 10.1 Å². The minimum atomic E-state index is -0.343. The highest BCUT2D eigenvalue weighted by Crippen LogP contribution is 2.34. The molecule has 0 spiro atoms. The molecule has 0 aliphatic carbocycles. The molecule has 1 N–H and O–H groups in total. The Morgan fingerprint density at radius 2 is 2.08 bits per heavy atom. The van der Waals surface area contributed by atoms with Crippen molar-refractivity contribution in [3.63, 3.8) is 0 Å². The maximum atomic E-state index is 14.3. The van der Waals surface area contributed by atoms with E-state index in [-0.39, 0.29) is 18.3 Å². The van der Waals surface area contributed by atoms with Gasteiger partial charge in [-0.25, -0.2) is 4.39 Å². The van der Waals surface area contributed by atoms with E-state index in [9.17, 15) is 9.18 Å². The molecule has 3 aromatic rings. The third-order valence-corrected chi connectivity index (χ3v) is 5.22. The molecular formula is C19H19FN2O2S. The number of rotatable bonds is 4. The number of hydrogen-bond acceptors (Lipinski definition) is 4. The molecule has 0 aliphatic heterocycles. The Labute approximate surface area is 149 Å². The van der Waals surface area contributed by atoms with Gasteiger partial charge < -0.3 is 10.1 Å². The number of aryl methyl sites for hydroxylation is 3. The number of benzene rings is 1. The fraction of sp³-hybridized carbons (Fsp3) is 0.263. The largest absolute Gasteiger partial charge is 0.380 e. The fourth-order valence-electron chi connectivity index (χ4n) is 3.02. The summed E-state index contributed by atoms with van der Waals surface area (Å²) in [6.07, 6.45) is 0. The zero-order valence-electron chi connectivity index (χ0n) is 14.6. The summed E-state index contributed by atoms with van der Waals surface area (Å²) in [7, 11) is 1.53. The molecule has 0 saturated heterocycles. The molecular weight excluding hydrogens is 339 g/mol. The quantitative estimate of drug-likeness (QED) is 0.731. The lowest BCUT2D eigenvalue weighted by atomic mass is 10.1. The summed E-state index contributed by atoms with van der Waals surface area (Å²) in [6, 6.07) is 6.77. The lowest BCUT2D eigenvalue weighted by Crippen LogP contribution is -2.15. The number of fused-ring (bicyclic) bond motifs is 1. The predicted molar refractivity (Wildman–Crippen MR) is 98.9 cm³/mol. The van der Waals surface area contributed by atoms with E-state index in [0.717, 1.165) is 21.7 Å². The molecule has 0 aliphatic rings. The number of amides is 1. The van der Waals surface area contributed by atoms with E-state index < -0.39 is 0 Å². The van der Waals surface area contributed by atoms with Crippen LogP contribution in [-0.4, -0.2) is 18.0 Å². The number of pyridine rings is 1. The average molecular weight is 358 g/mol. The van der Waals surface area contributed by atoms with Crippen LogP contribution < -0.4 is 5.32 Å². The Kier molecular flexibility index (Phi) is 4.83. The zero-order valence-corrected chi connectivity index (χ0v) is 15.4. The molecule has 4 nitrogen and oxygen atoms in total. The number of nitrogens with one attached hydrogen (secondary N) is 1. The highest BCUT2D eigenvalue weighted by molar-refractivity contribution is 7.21. The van der Waals surface area contributed by atoms with Gasteiger partial charge in [-0.05, 0) is 44.5 Å². The van der Waals surface area contributed by atoms with Crippen LogP contribution in [0.15, 0.2) is 24.3 Å². The van der Waals surface area contributed by atoms with Crippen molar-refractivity contribution in [3.8, 4) is 0 Å². The van der Waals surface area contributed by atoms with Crippen molar-refractivity contribution in [1.29, 1.82) is 0 Å². The zero-order chi connectivity index (χ0) is 18.1. The third kappa shape index (κ3) is 3.27. The van der Waals surface area contributed by atoms with Crippen LogP contribution in [-0.2, 0) is 11.3 Å². The standard InChI is InChI=1S/C19H19FN2O2S/c1-10-8-11(2)21-12(3)17(10)22-19(23)18-13(9-24-4)16-14(20)6-5-7-15(16)25-18/h5-8H,9H2,1-4H3,(H,22,23). The average Bonchev–Trinajstić information content (AvgIpc) is 2.91. The van der Waals surface area contributed by atoms with Crippen molar-refractivity contribution in [1.82, 2.24) is 4.98 Å². The third-order valence-electron chi connectivity index (χ3n) is 4.02.